The van der Waals surface area contributed by atoms with Gasteiger partial charge in [0, 0.05) is 6.42 Å². The molecule has 8 heteroatoms. The van der Waals surface area contributed by atoms with Crippen LogP contribution < -0.4 is 11.1 Å². The molecule has 0 aliphatic carbocycles. The first-order valence-corrected chi connectivity index (χ1v) is 6.97. The van der Waals surface area contributed by atoms with E-state index in [-0.39, 0.29) is 12.8 Å². The minimum Gasteiger partial charge on any atom is -0.368 e. The van der Waals surface area contributed by atoms with Gasteiger partial charge in [-0.15, -0.1) is 0 Å². The van der Waals surface area contributed by atoms with Crippen LogP contribution in [0.4, 0.5) is 13.2 Å². The molecule has 0 aliphatic rings. The predicted octanol–water partition coefficient (Wildman–Crippen LogP) is 2.52. The van der Waals surface area contributed by atoms with E-state index in [9.17, 15) is 22.8 Å². The summed E-state index contributed by atoms with van der Waals surface area (Å²) < 4.78 is 37.8. The summed E-state index contributed by atoms with van der Waals surface area (Å²) in [4.78, 5) is 23.0. The highest BCUT2D eigenvalue weighted by atomic mass is 79.9. The molecule has 0 fully saturated rings. The molecule has 0 saturated heterocycles. The van der Waals surface area contributed by atoms with Gasteiger partial charge in [-0.1, -0.05) is 34.6 Å². The summed E-state index contributed by atoms with van der Waals surface area (Å²) in [6.07, 6.45) is -4.45. The maximum absolute atomic E-state index is 12.4. The molecule has 0 heterocycles. The van der Waals surface area contributed by atoms with Gasteiger partial charge in [0.25, 0.3) is 0 Å². The predicted molar refractivity (Wildman–Crippen MR) is 79.0 cm³/mol. The summed E-state index contributed by atoms with van der Waals surface area (Å²) in [7, 11) is 0. The van der Waals surface area contributed by atoms with Gasteiger partial charge in [-0.3, -0.25) is 9.59 Å². The van der Waals surface area contributed by atoms with E-state index in [0.29, 0.717) is 10.0 Å². The zero-order valence-corrected chi connectivity index (χ0v) is 13.0. The third-order valence-corrected chi connectivity index (χ3v) is 3.07. The van der Waals surface area contributed by atoms with E-state index < -0.39 is 29.6 Å². The first-order chi connectivity index (χ1) is 10.1. The van der Waals surface area contributed by atoms with Gasteiger partial charge in [0.2, 0.25) is 11.8 Å². The van der Waals surface area contributed by atoms with Crippen LogP contribution in [0.2, 0.25) is 0 Å². The summed E-state index contributed by atoms with van der Waals surface area (Å²) in [5.41, 5.74) is 4.76. The molecule has 0 unspecified atom stereocenters. The number of nitrogens with two attached hydrogens (primary N) is 1. The molecule has 1 rings (SSSR count). The molecule has 0 saturated carbocycles. The van der Waals surface area contributed by atoms with Crippen LogP contribution in [0.15, 0.2) is 35.3 Å². The topological polar surface area (TPSA) is 72.2 Å². The van der Waals surface area contributed by atoms with E-state index in [0.717, 1.165) is 12.1 Å². The number of hydrogen-bond acceptors (Lipinski definition) is 2. The van der Waals surface area contributed by atoms with Crippen molar-refractivity contribution < 1.29 is 22.8 Å². The van der Waals surface area contributed by atoms with Crippen LogP contribution in [0, 0.1) is 0 Å². The van der Waals surface area contributed by atoms with Gasteiger partial charge in [-0.25, -0.2) is 0 Å². The van der Waals surface area contributed by atoms with Gasteiger partial charge in [-0.05, 0) is 22.2 Å². The number of carbonyl (C=O) groups is 2. The first kappa shape index (κ1) is 18.2. The van der Waals surface area contributed by atoms with Crippen LogP contribution in [0.5, 0.6) is 0 Å². The molecule has 0 spiro atoms. The zero-order chi connectivity index (χ0) is 16.9. The average Bonchev–Trinajstić information content (AvgIpc) is 2.36. The third kappa shape index (κ3) is 5.88. The minimum atomic E-state index is -4.42. The number of rotatable bonds is 6. The Balaban J connectivity index is 2.68. The monoisotopic (exact) mass is 378 g/mol. The molecule has 3 N–H and O–H groups in total. The van der Waals surface area contributed by atoms with Crippen LogP contribution in [0.3, 0.4) is 0 Å². The molecule has 0 bridgehead atoms. The molecular weight excluding hydrogens is 365 g/mol. The lowest BCUT2D eigenvalue weighted by molar-refractivity contribution is -0.137. The summed E-state index contributed by atoms with van der Waals surface area (Å²) in [5.74, 6) is -1.24. The highest BCUT2D eigenvalue weighted by molar-refractivity contribution is 9.11. The Bertz CT molecular complexity index is 570. The molecule has 0 radical (unpaired) electrons. The zero-order valence-electron chi connectivity index (χ0n) is 11.4. The fraction of sp³-hybridized carbons (Fsp3) is 0.286. The quantitative estimate of drug-likeness (QED) is 0.798. The first-order valence-electron chi connectivity index (χ1n) is 6.17. The summed E-state index contributed by atoms with van der Waals surface area (Å²) in [6, 6.07) is 3.30. The van der Waals surface area contributed by atoms with Crippen molar-refractivity contribution in [3.05, 3.63) is 46.5 Å². The largest absolute Gasteiger partial charge is 0.416 e. The van der Waals surface area contributed by atoms with Gasteiger partial charge < -0.3 is 11.1 Å². The standard InChI is InChI=1S/C14H14BrF3N2O2/c1-8(15)6-11(13(19)22)20-12(21)7-9-2-4-10(5-3-9)14(16,17)18/h2-5,11H,1,6-7H2,(H2,19,22)(H,20,21)/t11-/m1/s1. The Morgan fingerprint density at radius 3 is 2.23 bits per heavy atom. The lowest BCUT2D eigenvalue weighted by Gasteiger charge is -2.15. The number of carbonyl (C=O) groups excluding carboxylic acids is 2. The average molecular weight is 379 g/mol. The van der Waals surface area contributed by atoms with E-state index in [1.165, 1.54) is 12.1 Å². The molecule has 1 atom stereocenters. The fourth-order valence-corrected chi connectivity index (χ4v) is 2.01. The maximum Gasteiger partial charge on any atom is 0.416 e. The Kier molecular flexibility index (Phi) is 6.16. The van der Waals surface area contributed by atoms with Crippen molar-refractivity contribution in [1.82, 2.24) is 5.32 Å². The van der Waals surface area contributed by atoms with E-state index in [2.05, 4.69) is 27.8 Å². The van der Waals surface area contributed by atoms with E-state index >= 15 is 0 Å². The second kappa shape index (κ2) is 7.44. The van der Waals surface area contributed by atoms with Gasteiger partial charge in [0.15, 0.2) is 0 Å². The van der Waals surface area contributed by atoms with Crippen molar-refractivity contribution in [3.8, 4) is 0 Å². The fourth-order valence-electron chi connectivity index (χ4n) is 1.69. The van der Waals surface area contributed by atoms with Gasteiger partial charge in [-0.2, -0.15) is 13.2 Å². The van der Waals surface area contributed by atoms with Crippen LogP contribution in [0.1, 0.15) is 17.5 Å². The Morgan fingerprint density at radius 2 is 1.82 bits per heavy atom. The molecule has 2 amide bonds. The van der Waals surface area contributed by atoms with Crippen molar-refractivity contribution in [2.24, 2.45) is 5.73 Å². The smallest absolute Gasteiger partial charge is 0.368 e. The molecule has 22 heavy (non-hydrogen) atoms. The van der Waals surface area contributed by atoms with Gasteiger partial charge in [0.05, 0.1) is 12.0 Å². The lowest BCUT2D eigenvalue weighted by atomic mass is 10.1. The van der Waals surface area contributed by atoms with E-state index in [1.807, 2.05) is 0 Å². The number of halogens is 4. The van der Waals surface area contributed by atoms with Crippen LogP contribution in [0.25, 0.3) is 0 Å². The highest BCUT2D eigenvalue weighted by Gasteiger charge is 2.30. The Labute approximate surface area is 133 Å². The van der Waals surface area contributed by atoms with Crippen molar-refractivity contribution in [1.29, 1.82) is 0 Å². The van der Waals surface area contributed by atoms with Crippen molar-refractivity contribution in [3.63, 3.8) is 0 Å². The Morgan fingerprint density at radius 1 is 1.27 bits per heavy atom. The number of primary amides is 1. The van der Waals surface area contributed by atoms with Crippen molar-refractivity contribution >= 4 is 27.7 Å². The molecule has 1 aromatic rings. The van der Waals surface area contributed by atoms with Crippen LogP contribution >= 0.6 is 15.9 Å². The molecule has 0 aliphatic heterocycles. The third-order valence-electron chi connectivity index (χ3n) is 2.75. The number of amides is 2. The number of benzene rings is 1. The van der Waals surface area contributed by atoms with E-state index in [1.54, 1.807) is 0 Å². The van der Waals surface area contributed by atoms with Crippen LogP contribution in [-0.2, 0) is 22.2 Å². The summed E-state index contributed by atoms with van der Waals surface area (Å²) in [6.45, 7) is 3.55. The van der Waals surface area contributed by atoms with Crippen molar-refractivity contribution in [2.45, 2.75) is 25.1 Å². The summed E-state index contributed by atoms with van der Waals surface area (Å²) in [5, 5.41) is 2.41. The molecule has 1 aromatic carbocycles. The Hall–Kier alpha value is -1.83. The molecular formula is C14H14BrF3N2O2. The maximum atomic E-state index is 12.4. The van der Waals surface area contributed by atoms with Gasteiger partial charge >= 0.3 is 6.18 Å². The molecule has 120 valence electrons. The van der Waals surface area contributed by atoms with Gasteiger partial charge in [0.1, 0.15) is 6.04 Å². The van der Waals surface area contributed by atoms with Crippen molar-refractivity contribution in [2.75, 3.05) is 0 Å². The van der Waals surface area contributed by atoms with E-state index in [4.69, 9.17) is 5.73 Å². The highest BCUT2D eigenvalue weighted by Crippen LogP contribution is 2.29. The second-order valence-electron chi connectivity index (χ2n) is 4.62. The SMILES string of the molecule is C=C(Br)C[C@@H](NC(=O)Cc1ccc(C(F)(F)F)cc1)C(N)=O. The molecule has 0 aromatic heterocycles. The molecule has 4 nitrogen and oxygen atoms in total. The minimum absolute atomic E-state index is 0.133. The second-order valence-corrected chi connectivity index (χ2v) is 5.74. The number of hydrogen-bond donors (Lipinski definition) is 2. The van der Waals surface area contributed by atoms with Crippen LogP contribution in [-0.4, -0.2) is 17.9 Å². The number of alkyl halides is 3. The lowest BCUT2D eigenvalue weighted by Crippen LogP contribution is -2.45. The number of nitrogens with one attached hydrogen (secondary N) is 1. The summed E-state index contributed by atoms with van der Waals surface area (Å²) >= 11 is 3.07. The normalized spacial score (nSPS) is 12.5.